The van der Waals surface area contributed by atoms with Gasteiger partial charge in [-0.3, -0.25) is 0 Å². The predicted molar refractivity (Wildman–Crippen MR) is 234 cm³/mol. The van der Waals surface area contributed by atoms with E-state index in [1.54, 1.807) is 0 Å². The molecule has 0 N–H and O–H groups in total. The number of benzene rings is 8. The van der Waals surface area contributed by atoms with Gasteiger partial charge < -0.3 is 14.4 Å². The molecule has 0 bridgehead atoms. The maximum absolute atomic E-state index is 2.51. The molecule has 2 aliphatic heterocycles. The highest BCUT2D eigenvalue weighted by atomic mass is 15.2. The number of aryl methyl sites for hydroxylation is 3. The van der Waals surface area contributed by atoms with Crippen LogP contribution in [0.2, 0.25) is 0 Å². The highest BCUT2D eigenvalue weighted by Gasteiger charge is 2.43. The average molecular weight is 704 g/mol. The summed E-state index contributed by atoms with van der Waals surface area (Å²) in [4.78, 5) is 5.01. The monoisotopic (exact) mass is 703 g/mol. The Labute approximate surface area is 322 Å². The molecule has 4 heteroatoms. The molecule has 0 aliphatic carbocycles. The largest absolute Gasteiger partial charge is 0.311 e. The van der Waals surface area contributed by atoms with Crippen molar-refractivity contribution in [2.24, 2.45) is 0 Å². The van der Waals surface area contributed by atoms with Gasteiger partial charge in [-0.1, -0.05) is 121 Å². The molecule has 11 rings (SSSR count). The summed E-state index contributed by atoms with van der Waals surface area (Å²) in [5, 5.41) is 2.51. The standard InChI is InChI=1S/C51H38BN3/c1-33-28-34(2)50(35(3)29-33)36-26-27-47-43(30-36)52-42-22-12-15-25-46(42)53(37-16-6-4-7-17-37)48-31-39(32-49(51(48)52)54(47)38-18-8-5-9-19-38)55-44-23-13-10-20-40(44)41-21-11-14-24-45(41)55/h4-32H,1-3H3. The normalized spacial score (nSPS) is 12.9. The summed E-state index contributed by atoms with van der Waals surface area (Å²) in [6.07, 6.45) is 0. The second-order valence-electron chi connectivity index (χ2n) is 15.1. The minimum atomic E-state index is 0.0225. The topological polar surface area (TPSA) is 11.4 Å². The van der Waals surface area contributed by atoms with Crippen LogP contribution in [0.1, 0.15) is 16.7 Å². The molecular weight excluding hydrogens is 665 g/mol. The van der Waals surface area contributed by atoms with Crippen LogP contribution < -0.4 is 26.2 Å². The molecule has 0 amide bonds. The van der Waals surface area contributed by atoms with Crippen LogP contribution in [-0.4, -0.2) is 11.3 Å². The number of aromatic nitrogens is 1. The number of hydrogen-bond donors (Lipinski definition) is 0. The van der Waals surface area contributed by atoms with E-state index in [9.17, 15) is 0 Å². The van der Waals surface area contributed by atoms with Gasteiger partial charge in [-0.15, -0.1) is 0 Å². The molecule has 260 valence electrons. The summed E-state index contributed by atoms with van der Waals surface area (Å²) in [5.74, 6) is 0. The van der Waals surface area contributed by atoms with Crippen LogP contribution in [0, 0.1) is 20.8 Å². The zero-order valence-electron chi connectivity index (χ0n) is 31.2. The maximum atomic E-state index is 2.51. The Balaban J connectivity index is 1.28. The lowest BCUT2D eigenvalue weighted by molar-refractivity contribution is 1.16. The lowest BCUT2D eigenvalue weighted by atomic mass is 9.33. The summed E-state index contributed by atoms with van der Waals surface area (Å²) < 4.78 is 2.46. The number of rotatable bonds is 4. The fourth-order valence-electron chi connectivity index (χ4n) is 9.77. The third kappa shape index (κ3) is 4.71. The van der Waals surface area contributed by atoms with E-state index in [0.717, 1.165) is 17.1 Å². The molecule has 1 aromatic heterocycles. The maximum Gasteiger partial charge on any atom is 0.252 e. The van der Waals surface area contributed by atoms with Gasteiger partial charge in [0.2, 0.25) is 0 Å². The lowest BCUT2D eigenvalue weighted by Gasteiger charge is -2.44. The third-order valence-electron chi connectivity index (χ3n) is 11.8. The van der Waals surface area contributed by atoms with E-state index in [4.69, 9.17) is 0 Å². The van der Waals surface area contributed by atoms with E-state index in [1.807, 2.05) is 0 Å². The lowest BCUT2D eigenvalue weighted by Crippen LogP contribution is -2.61. The molecule has 0 atom stereocenters. The van der Waals surface area contributed by atoms with Crippen molar-refractivity contribution >= 4 is 79.0 Å². The van der Waals surface area contributed by atoms with E-state index in [-0.39, 0.29) is 6.71 Å². The van der Waals surface area contributed by atoms with E-state index in [0.29, 0.717) is 0 Å². The highest BCUT2D eigenvalue weighted by Crippen LogP contribution is 2.46. The Hall–Kier alpha value is -6.78. The first-order valence-corrected chi connectivity index (χ1v) is 19.2. The predicted octanol–water partition coefficient (Wildman–Crippen LogP) is 11.5. The van der Waals surface area contributed by atoms with Crippen molar-refractivity contribution in [3.63, 3.8) is 0 Å². The van der Waals surface area contributed by atoms with Crippen LogP contribution in [0.25, 0.3) is 38.6 Å². The summed E-state index contributed by atoms with van der Waals surface area (Å²) in [7, 11) is 0. The Morgan fingerprint density at radius 1 is 0.400 bits per heavy atom. The van der Waals surface area contributed by atoms with Crippen molar-refractivity contribution in [1.82, 2.24) is 4.57 Å². The van der Waals surface area contributed by atoms with E-state index in [1.165, 1.54) is 88.8 Å². The van der Waals surface area contributed by atoms with Gasteiger partial charge in [0, 0.05) is 44.9 Å². The molecule has 3 nitrogen and oxygen atoms in total. The molecule has 3 heterocycles. The average Bonchev–Trinajstić information content (AvgIpc) is 3.55. The number of hydrogen-bond acceptors (Lipinski definition) is 2. The second kappa shape index (κ2) is 12.1. The van der Waals surface area contributed by atoms with Gasteiger partial charge in [-0.2, -0.15) is 0 Å². The molecule has 0 saturated carbocycles. The first-order chi connectivity index (χ1) is 27.0. The van der Waals surface area contributed by atoms with E-state index >= 15 is 0 Å². The van der Waals surface area contributed by atoms with Gasteiger partial charge in [0.15, 0.2) is 0 Å². The smallest absolute Gasteiger partial charge is 0.252 e. The number of nitrogens with zero attached hydrogens (tertiary/aromatic N) is 3. The van der Waals surface area contributed by atoms with Gasteiger partial charge in [0.25, 0.3) is 6.71 Å². The number of fused-ring (bicyclic) bond motifs is 7. The molecule has 0 fully saturated rings. The Morgan fingerprint density at radius 3 is 1.51 bits per heavy atom. The second-order valence-corrected chi connectivity index (χ2v) is 15.1. The molecular formula is C51H38BN3. The molecule has 0 saturated heterocycles. The molecule has 8 aromatic carbocycles. The third-order valence-corrected chi connectivity index (χ3v) is 11.8. The molecule has 0 spiro atoms. The van der Waals surface area contributed by atoms with Crippen molar-refractivity contribution in [2.45, 2.75) is 20.8 Å². The van der Waals surface area contributed by atoms with Crippen LogP contribution in [0.3, 0.4) is 0 Å². The highest BCUT2D eigenvalue weighted by molar-refractivity contribution is 7.00. The van der Waals surface area contributed by atoms with Crippen LogP contribution in [0.5, 0.6) is 0 Å². The molecule has 0 unspecified atom stereocenters. The molecule has 2 aliphatic rings. The van der Waals surface area contributed by atoms with Crippen molar-refractivity contribution in [1.29, 1.82) is 0 Å². The van der Waals surface area contributed by atoms with Crippen LogP contribution >= 0.6 is 0 Å². The van der Waals surface area contributed by atoms with Crippen molar-refractivity contribution in [3.05, 3.63) is 193 Å². The summed E-state index contributed by atoms with van der Waals surface area (Å²) >= 11 is 0. The SMILES string of the molecule is Cc1cc(C)c(-c2ccc3c(c2)B2c4ccccc4N(c4ccccc4)c4cc(-n5c6ccccc6c6ccccc65)cc(c42)N3c2ccccc2)c(C)c1. The van der Waals surface area contributed by atoms with Gasteiger partial charge in [-0.05, 0) is 120 Å². The van der Waals surface area contributed by atoms with Crippen LogP contribution in [-0.2, 0) is 0 Å². The van der Waals surface area contributed by atoms with Gasteiger partial charge in [0.1, 0.15) is 0 Å². The molecule has 55 heavy (non-hydrogen) atoms. The van der Waals surface area contributed by atoms with E-state index < -0.39 is 0 Å². The molecule has 0 radical (unpaired) electrons. The van der Waals surface area contributed by atoms with Gasteiger partial charge >= 0.3 is 0 Å². The minimum Gasteiger partial charge on any atom is -0.311 e. The summed E-state index contributed by atoms with van der Waals surface area (Å²) in [5.41, 5.74) is 21.1. The fraction of sp³-hybridized carbons (Fsp3) is 0.0588. The zero-order valence-corrected chi connectivity index (χ0v) is 31.2. The summed E-state index contributed by atoms with van der Waals surface area (Å²) in [6, 6.07) is 65.2. The Bertz CT molecular complexity index is 2890. The molecule has 9 aromatic rings. The van der Waals surface area contributed by atoms with Crippen molar-refractivity contribution in [2.75, 3.05) is 9.80 Å². The van der Waals surface area contributed by atoms with Gasteiger partial charge in [0.05, 0.1) is 16.7 Å². The summed E-state index contributed by atoms with van der Waals surface area (Å²) in [6.45, 7) is 6.72. The van der Waals surface area contributed by atoms with E-state index in [2.05, 4.69) is 211 Å². The number of para-hydroxylation sites is 5. The van der Waals surface area contributed by atoms with Gasteiger partial charge in [-0.25, -0.2) is 0 Å². The Morgan fingerprint density at radius 2 is 0.909 bits per heavy atom. The fourth-order valence-corrected chi connectivity index (χ4v) is 9.77. The van der Waals surface area contributed by atoms with Crippen LogP contribution in [0.4, 0.5) is 34.1 Å². The minimum absolute atomic E-state index is 0.0225. The first kappa shape index (κ1) is 31.7. The van der Waals surface area contributed by atoms with Crippen LogP contribution in [0.15, 0.2) is 176 Å². The zero-order chi connectivity index (χ0) is 36.8. The Kier molecular flexibility index (Phi) is 6.99. The quantitative estimate of drug-likeness (QED) is 0.169. The number of anilines is 6. The first-order valence-electron chi connectivity index (χ1n) is 19.2. The van der Waals surface area contributed by atoms with Crippen molar-refractivity contribution < 1.29 is 0 Å². The van der Waals surface area contributed by atoms with Crippen molar-refractivity contribution in [3.8, 4) is 16.8 Å².